The molecule has 0 spiro atoms. The molecule has 2 rings (SSSR count). The Kier molecular flexibility index (Phi) is 7.10. The highest BCUT2D eigenvalue weighted by molar-refractivity contribution is 8.00. The maximum Gasteiger partial charge on any atom is 0.318 e. The Hall–Kier alpha value is -2.46. The van der Waals surface area contributed by atoms with Gasteiger partial charge in [-0.25, -0.2) is 4.79 Å². The first-order valence-electron chi connectivity index (χ1n) is 8.03. The Bertz CT molecular complexity index is 750. The van der Waals surface area contributed by atoms with Crippen molar-refractivity contribution in [2.75, 3.05) is 13.7 Å². The number of hydrogen-bond acceptors (Lipinski definition) is 7. The molecule has 0 fully saturated rings. The number of nitrogens with zero attached hydrogens (tertiary/aromatic N) is 4. The van der Waals surface area contributed by atoms with E-state index in [0.717, 1.165) is 5.56 Å². The van der Waals surface area contributed by atoms with E-state index in [1.165, 1.54) is 11.8 Å². The zero-order chi connectivity index (χ0) is 19.1. The summed E-state index contributed by atoms with van der Waals surface area (Å²) in [6.45, 7) is 4.75. The summed E-state index contributed by atoms with van der Waals surface area (Å²) in [4.78, 5) is 27.3. The van der Waals surface area contributed by atoms with E-state index in [2.05, 4.69) is 20.5 Å². The summed E-state index contributed by atoms with van der Waals surface area (Å²) in [5.41, 5.74) is 5.92. The van der Waals surface area contributed by atoms with Gasteiger partial charge < -0.3 is 10.5 Å². The summed E-state index contributed by atoms with van der Waals surface area (Å²) in [5.74, 6) is 0.158. The number of carbonyl (C=O) groups excluding carboxylic acids is 2. The first kappa shape index (κ1) is 19.9. The van der Waals surface area contributed by atoms with Crippen molar-refractivity contribution in [3.05, 3.63) is 24.5 Å². The van der Waals surface area contributed by atoms with Gasteiger partial charge in [0, 0.05) is 25.1 Å². The van der Waals surface area contributed by atoms with Crippen LogP contribution in [0.5, 0.6) is 0 Å². The van der Waals surface area contributed by atoms with E-state index in [-0.39, 0.29) is 5.92 Å². The number of ether oxygens (including phenoxy) is 1. The number of amides is 3. The normalized spacial score (nSPS) is 12.2. The number of nitrogens with one attached hydrogen (secondary N) is 1. The first-order chi connectivity index (χ1) is 12.4. The van der Waals surface area contributed by atoms with Crippen LogP contribution in [0.4, 0.5) is 4.79 Å². The predicted octanol–water partition coefficient (Wildman–Crippen LogP) is 1.30. The molecule has 10 heteroatoms. The lowest BCUT2D eigenvalue weighted by atomic mass is 10.1. The molecule has 9 nitrogen and oxygen atoms in total. The lowest BCUT2D eigenvalue weighted by Gasteiger charge is -2.19. The highest BCUT2D eigenvalue weighted by Gasteiger charge is 2.27. The zero-order valence-electron chi connectivity index (χ0n) is 14.9. The monoisotopic (exact) mass is 378 g/mol. The van der Waals surface area contributed by atoms with E-state index in [0.29, 0.717) is 24.1 Å². The standard InChI is InChI=1S/C16H22N6O3S/c1-10(2)12(14(23)19-15(17)24)26-16-21-20-13(22(16)8-9-25-3)11-4-6-18-7-5-11/h4-7,10,12H,8-9H2,1-3H3,(H3,17,19,23,24)/t12-/m0/s1. The Labute approximate surface area is 155 Å². The van der Waals surface area contributed by atoms with Crippen LogP contribution in [0.25, 0.3) is 11.4 Å². The lowest BCUT2D eigenvalue weighted by Crippen LogP contribution is -2.42. The van der Waals surface area contributed by atoms with E-state index in [1.807, 2.05) is 30.5 Å². The third kappa shape index (κ3) is 5.02. The average Bonchev–Trinajstić information content (AvgIpc) is 3.00. The topological polar surface area (TPSA) is 125 Å². The van der Waals surface area contributed by atoms with Gasteiger partial charge in [-0.1, -0.05) is 25.6 Å². The highest BCUT2D eigenvalue weighted by atomic mass is 32.2. The van der Waals surface area contributed by atoms with Gasteiger partial charge in [-0.15, -0.1) is 10.2 Å². The average molecular weight is 378 g/mol. The van der Waals surface area contributed by atoms with Crippen molar-refractivity contribution in [2.45, 2.75) is 30.8 Å². The Morgan fingerprint density at radius 2 is 2.00 bits per heavy atom. The Morgan fingerprint density at radius 3 is 2.58 bits per heavy atom. The Balaban J connectivity index is 2.33. The molecular formula is C16H22N6O3S. The van der Waals surface area contributed by atoms with E-state index in [9.17, 15) is 9.59 Å². The molecule has 0 saturated heterocycles. The van der Waals surface area contributed by atoms with Gasteiger partial charge in [-0.3, -0.25) is 19.7 Å². The number of imide groups is 1. The number of nitrogens with two attached hydrogens (primary N) is 1. The molecule has 0 aromatic carbocycles. The maximum atomic E-state index is 12.3. The quantitative estimate of drug-likeness (QED) is 0.663. The fourth-order valence-corrected chi connectivity index (χ4v) is 3.33. The van der Waals surface area contributed by atoms with Crippen LogP contribution in [0, 0.1) is 5.92 Å². The molecule has 0 aliphatic rings. The van der Waals surface area contributed by atoms with Gasteiger partial charge in [0.1, 0.15) is 0 Å². The lowest BCUT2D eigenvalue weighted by molar-refractivity contribution is -0.120. The summed E-state index contributed by atoms with van der Waals surface area (Å²) in [6, 6.07) is 2.79. The Morgan fingerprint density at radius 1 is 1.31 bits per heavy atom. The van der Waals surface area contributed by atoms with E-state index in [4.69, 9.17) is 10.5 Å². The van der Waals surface area contributed by atoms with Crippen molar-refractivity contribution >= 4 is 23.7 Å². The molecule has 0 aliphatic heterocycles. The minimum atomic E-state index is -0.875. The van der Waals surface area contributed by atoms with Crippen LogP contribution in [-0.4, -0.2) is 50.7 Å². The number of pyridine rings is 1. The molecule has 1 atom stereocenters. The van der Waals surface area contributed by atoms with Gasteiger partial charge >= 0.3 is 6.03 Å². The number of urea groups is 1. The molecule has 0 saturated carbocycles. The van der Waals surface area contributed by atoms with Crippen LogP contribution in [0.2, 0.25) is 0 Å². The molecule has 2 aromatic heterocycles. The van der Waals surface area contributed by atoms with Gasteiger partial charge in [0.05, 0.1) is 18.4 Å². The van der Waals surface area contributed by atoms with Crippen molar-refractivity contribution in [2.24, 2.45) is 11.7 Å². The fraction of sp³-hybridized carbons (Fsp3) is 0.438. The summed E-state index contributed by atoms with van der Waals surface area (Å²) < 4.78 is 7.06. The van der Waals surface area contributed by atoms with Crippen molar-refractivity contribution in [1.29, 1.82) is 0 Å². The number of thioether (sulfide) groups is 1. The second-order valence-electron chi connectivity index (χ2n) is 5.82. The molecule has 140 valence electrons. The predicted molar refractivity (Wildman–Crippen MR) is 97.3 cm³/mol. The second-order valence-corrected chi connectivity index (χ2v) is 6.93. The molecule has 2 heterocycles. The van der Waals surface area contributed by atoms with Gasteiger partial charge in [-0.2, -0.15) is 0 Å². The maximum absolute atomic E-state index is 12.3. The minimum Gasteiger partial charge on any atom is -0.383 e. The molecule has 0 radical (unpaired) electrons. The van der Waals surface area contributed by atoms with Crippen LogP contribution in [0.15, 0.2) is 29.7 Å². The number of methoxy groups -OCH3 is 1. The van der Waals surface area contributed by atoms with Gasteiger partial charge in [0.15, 0.2) is 11.0 Å². The van der Waals surface area contributed by atoms with E-state index in [1.54, 1.807) is 19.5 Å². The molecule has 2 aromatic rings. The summed E-state index contributed by atoms with van der Waals surface area (Å²) in [7, 11) is 1.61. The molecule has 26 heavy (non-hydrogen) atoms. The van der Waals surface area contributed by atoms with Crippen LogP contribution in [0.1, 0.15) is 13.8 Å². The number of aromatic nitrogens is 4. The highest BCUT2D eigenvalue weighted by Crippen LogP contribution is 2.30. The molecular weight excluding hydrogens is 356 g/mol. The fourth-order valence-electron chi connectivity index (χ4n) is 2.27. The van der Waals surface area contributed by atoms with Crippen molar-refractivity contribution < 1.29 is 14.3 Å². The van der Waals surface area contributed by atoms with Crippen molar-refractivity contribution in [3.63, 3.8) is 0 Å². The first-order valence-corrected chi connectivity index (χ1v) is 8.91. The van der Waals surface area contributed by atoms with E-state index >= 15 is 0 Å². The van der Waals surface area contributed by atoms with Crippen LogP contribution < -0.4 is 11.1 Å². The summed E-state index contributed by atoms with van der Waals surface area (Å²) in [6.07, 6.45) is 3.35. The number of primary amides is 1. The van der Waals surface area contributed by atoms with Crippen LogP contribution in [0.3, 0.4) is 0 Å². The summed E-state index contributed by atoms with van der Waals surface area (Å²) in [5, 5.41) is 10.6. The van der Waals surface area contributed by atoms with Gasteiger partial charge in [-0.05, 0) is 18.1 Å². The number of carbonyl (C=O) groups is 2. The molecule has 0 unspecified atom stereocenters. The minimum absolute atomic E-state index is 0.0451. The van der Waals surface area contributed by atoms with Gasteiger partial charge in [0.25, 0.3) is 0 Å². The van der Waals surface area contributed by atoms with Crippen molar-refractivity contribution in [3.8, 4) is 11.4 Å². The smallest absolute Gasteiger partial charge is 0.318 e. The second kappa shape index (κ2) is 9.30. The van der Waals surface area contributed by atoms with Crippen LogP contribution >= 0.6 is 11.8 Å². The van der Waals surface area contributed by atoms with Gasteiger partial charge in [0.2, 0.25) is 5.91 Å². The van der Waals surface area contributed by atoms with E-state index < -0.39 is 17.2 Å². The molecule has 3 N–H and O–H groups in total. The summed E-state index contributed by atoms with van der Waals surface area (Å²) >= 11 is 1.24. The largest absolute Gasteiger partial charge is 0.383 e. The molecule has 0 aliphatic carbocycles. The third-order valence-corrected chi connectivity index (χ3v) is 5.04. The zero-order valence-corrected chi connectivity index (χ0v) is 15.7. The van der Waals surface area contributed by atoms with Crippen molar-refractivity contribution in [1.82, 2.24) is 25.1 Å². The molecule has 3 amide bonds. The number of hydrogen-bond donors (Lipinski definition) is 2. The third-order valence-electron chi connectivity index (χ3n) is 3.52. The number of rotatable bonds is 8. The van der Waals surface area contributed by atoms with Crippen LogP contribution in [-0.2, 0) is 16.1 Å². The SMILES string of the molecule is COCCn1c(S[C@H](C(=O)NC(N)=O)C(C)C)nnc1-c1ccncc1. The molecule has 0 bridgehead atoms.